The van der Waals surface area contributed by atoms with Crippen LogP contribution < -0.4 is 10.1 Å². The number of benzene rings is 2. The number of methoxy groups -OCH3 is 1. The number of rotatable bonds is 7. The Morgan fingerprint density at radius 3 is 2.33 bits per heavy atom. The fraction of sp³-hybridized carbons (Fsp3) is 0.375. The SMILES string of the molecule is CCC1(c2ccc(OC)c(C)c2)NC(=O)N(CC(=O)c2ccc(C(C)C)cc2)C1=O. The van der Waals surface area contributed by atoms with Crippen LogP contribution >= 0.6 is 0 Å². The highest BCUT2D eigenvalue weighted by atomic mass is 16.5. The summed E-state index contributed by atoms with van der Waals surface area (Å²) >= 11 is 0. The number of carbonyl (C=O) groups excluding carboxylic acids is 3. The lowest BCUT2D eigenvalue weighted by atomic mass is 9.86. The molecule has 0 aromatic heterocycles. The molecule has 0 bridgehead atoms. The topological polar surface area (TPSA) is 75.7 Å². The number of Topliss-reactive ketones (excluding diaryl/α,β-unsaturated/α-hetero) is 1. The predicted octanol–water partition coefficient (Wildman–Crippen LogP) is 4.17. The first kappa shape index (κ1) is 21.6. The van der Waals surface area contributed by atoms with E-state index >= 15 is 0 Å². The van der Waals surface area contributed by atoms with Gasteiger partial charge >= 0.3 is 6.03 Å². The molecule has 0 spiro atoms. The molecule has 1 fully saturated rings. The second-order valence-corrected chi connectivity index (χ2v) is 7.96. The molecule has 3 amide bonds. The molecule has 1 aliphatic heterocycles. The van der Waals surface area contributed by atoms with Crippen molar-refractivity contribution >= 4 is 17.7 Å². The molecule has 158 valence electrons. The van der Waals surface area contributed by atoms with Crippen LogP contribution in [-0.2, 0) is 10.3 Å². The van der Waals surface area contributed by atoms with Gasteiger partial charge in [0.05, 0.1) is 13.7 Å². The first-order valence-electron chi connectivity index (χ1n) is 10.2. The van der Waals surface area contributed by atoms with E-state index in [2.05, 4.69) is 19.2 Å². The first-order valence-corrected chi connectivity index (χ1v) is 10.2. The monoisotopic (exact) mass is 408 g/mol. The zero-order chi connectivity index (χ0) is 22.1. The van der Waals surface area contributed by atoms with Crippen LogP contribution in [0.4, 0.5) is 4.79 Å². The maximum absolute atomic E-state index is 13.3. The van der Waals surface area contributed by atoms with Gasteiger partial charge in [0, 0.05) is 5.56 Å². The van der Waals surface area contributed by atoms with E-state index in [1.807, 2.05) is 32.0 Å². The Labute approximate surface area is 177 Å². The molecule has 0 aliphatic carbocycles. The Morgan fingerprint density at radius 1 is 1.13 bits per heavy atom. The number of ketones is 1. The highest BCUT2D eigenvalue weighted by Crippen LogP contribution is 2.34. The Morgan fingerprint density at radius 2 is 1.80 bits per heavy atom. The Hall–Kier alpha value is -3.15. The number of carbonyl (C=O) groups is 3. The van der Waals surface area contributed by atoms with Gasteiger partial charge in [0.25, 0.3) is 5.91 Å². The van der Waals surface area contributed by atoms with Crippen molar-refractivity contribution in [1.82, 2.24) is 10.2 Å². The van der Waals surface area contributed by atoms with Crippen LogP contribution in [0.5, 0.6) is 5.75 Å². The third-order valence-corrected chi connectivity index (χ3v) is 5.79. The average molecular weight is 408 g/mol. The number of hydrogen-bond donors (Lipinski definition) is 1. The van der Waals surface area contributed by atoms with E-state index in [0.717, 1.165) is 16.0 Å². The molecular formula is C24H28N2O4. The third-order valence-electron chi connectivity index (χ3n) is 5.79. The Balaban J connectivity index is 1.85. The summed E-state index contributed by atoms with van der Waals surface area (Å²) in [5.74, 6) is 0.384. The van der Waals surface area contributed by atoms with Gasteiger partial charge in [-0.2, -0.15) is 0 Å². The standard InChI is InChI=1S/C24H28N2O4/c1-6-24(19-11-12-21(30-5)16(4)13-19)22(28)26(23(29)25-24)14-20(27)18-9-7-17(8-10-18)15(2)3/h7-13,15H,6,14H2,1-5H3,(H,25,29). The summed E-state index contributed by atoms with van der Waals surface area (Å²) in [6.45, 7) is 7.59. The minimum Gasteiger partial charge on any atom is -0.496 e. The second-order valence-electron chi connectivity index (χ2n) is 7.96. The van der Waals surface area contributed by atoms with Crippen LogP contribution in [0, 0.1) is 6.92 Å². The highest BCUT2D eigenvalue weighted by molar-refractivity contribution is 6.11. The number of ether oxygens (including phenoxy) is 1. The number of hydrogen-bond acceptors (Lipinski definition) is 4. The van der Waals surface area contributed by atoms with Crippen LogP contribution in [0.15, 0.2) is 42.5 Å². The number of amides is 3. The smallest absolute Gasteiger partial charge is 0.325 e. The van der Waals surface area contributed by atoms with E-state index in [-0.39, 0.29) is 12.3 Å². The molecule has 0 radical (unpaired) electrons. The zero-order valence-corrected chi connectivity index (χ0v) is 18.1. The van der Waals surface area contributed by atoms with Gasteiger partial charge < -0.3 is 10.1 Å². The van der Waals surface area contributed by atoms with Crippen molar-refractivity contribution in [3.05, 3.63) is 64.7 Å². The second kappa shape index (κ2) is 8.30. The number of aryl methyl sites for hydroxylation is 1. The van der Waals surface area contributed by atoms with E-state index < -0.39 is 17.5 Å². The van der Waals surface area contributed by atoms with Gasteiger partial charge in [0.1, 0.15) is 11.3 Å². The van der Waals surface area contributed by atoms with Gasteiger partial charge in [-0.15, -0.1) is 0 Å². The van der Waals surface area contributed by atoms with E-state index in [0.29, 0.717) is 29.2 Å². The van der Waals surface area contributed by atoms with Gasteiger partial charge in [-0.3, -0.25) is 14.5 Å². The molecule has 1 aliphatic rings. The van der Waals surface area contributed by atoms with Crippen molar-refractivity contribution in [3.63, 3.8) is 0 Å². The molecule has 1 N–H and O–H groups in total. The van der Waals surface area contributed by atoms with E-state index in [4.69, 9.17) is 4.74 Å². The summed E-state index contributed by atoms with van der Waals surface area (Å²) in [5, 5.41) is 2.82. The van der Waals surface area contributed by atoms with Gasteiger partial charge in [-0.05, 0) is 48.1 Å². The van der Waals surface area contributed by atoms with Crippen LogP contribution in [-0.4, -0.2) is 36.3 Å². The van der Waals surface area contributed by atoms with Crippen molar-refractivity contribution in [2.45, 2.75) is 45.6 Å². The summed E-state index contributed by atoms with van der Waals surface area (Å²) in [7, 11) is 1.58. The molecule has 1 heterocycles. The molecule has 1 unspecified atom stereocenters. The number of urea groups is 1. The normalized spacial score (nSPS) is 18.7. The molecule has 30 heavy (non-hydrogen) atoms. The first-order chi connectivity index (χ1) is 14.2. The van der Waals surface area contributed by atoms with Crippen molar-refractivity contribution < 1.29 is 19.1 Å². The maximum atomic E-state index is 13.3. The fourth-order valence-corrected chi connectivity index (χ4v) is 3.84. The number of nitrogens with zero attached hydrogens (tertiary/aromatic N) is 1. The van der Waals surface area contributed by atoms with Gasteiger partial charge in [0.15, 0.2) is 5.78 Å². The lowest BCUT2D eigenvalue weighted by Crippen LogP contribution is -2.44. The Bertz CT molecular complexity index is 981. The van der Waals surface area contributed by atoms with E-state index in [1.54, 1.807) is 31.4 Å². The van der Waals surface area contributed by atoms with Crippen LogP contribution in [0.25, 0.3) is 0 Å². The van der Waals surface area contributed by atoms with Crippen molar-refractivity contribution in [1.29, 1.82) is 0 Å². The minimum absolute atomic E-state index is 0.272. The molecular weight excluding hydrogens is 380 g/mol. The molecule has 0 saturated carbocycles. The molecule has 6 heteroatoms. The van der Waals surface area contributed by atoms with Gasteiger partial charge in [-0.25, -0.2) is 4.79 Å². The Kier molecular flexibility index (Phi) is 5.97. The average Bonchev–Trinajstić information content (AvgIpc) is 2.98. The van der Waals surface area contributed by atoms with E-state index in [1.165, 1.54) is 0 Å². The maximum Gasteiger partial charge on any atom is 0.325 e. The summed E-state index contributed by atoms with van der Waals surface area (Å²) in [4.78, 5) is 39.7. The number of nitrogens with one attached hydrogen (secondary N) is 1. The molecule has 2 aromatic carbocycles. The minimum atomic E-state index is -1.18. The quantitative estimate of drug-likeness (QED) is 0.551. The van der Waals surface area contributed by atoms with Crippen LogP contribution in [0.2, 0.25) is 0 Å². The summed E-state index contributed by atoms with van der Waals surface area (Å²) in [6.07, 6.45) is 0.372. The van der Waals surface area contributed by atoms with Gasteiger partial charge in [-0.1, -0.05) is 51.1 Å². The molecule has 2 aromatic rings. The van der Waals surface area contributed by atoms with Crippen molar-refractivity contribution in [2.24, 2.45) is 0 Å². The summed E-state index contributed by atoms with van der Waals surface area (Å²) in [5.41, 5.74) is 1.97. The molecule has 1 saturated heterocycles. The highest BCUT2D eigenvalue weighted by Gasteiger charge is 2.51. The summed E-state index contributed by atoms with van der Waals surface area (Å²) in [6, 6.07) is 12.2. The lowest BCUT2D eigenvalue weighted by molar-refractivity contribution is -0.131. The summed E-state index contributed by atoms with van der Waals surface area (Å²) < 4.78 is 5.30. The predicted molar refractivity (Wildman–Crippen MR) is 115 cm³/mol. The molecule has 1 atom stereocenters. The molecule has 6 nitrogen and oxygen atoms in total. The molecule has 3 rings (SSSR count). The van der Waals surface area contributed by atoms with Crippen LogP contribution in [0.3, 0.4) is 0 Å². The lowest BCUT2D eigenvalue weighted by Gasteiger charge is -2.26. The van der Waals surface area contributed by atoms with Crippen molar-refractivity contribution in [2.75, 3.05) is 13.7 Å². The van der Waals surface area contributed by atoms with Crippen molar-refractivity contribution in [3.8, 4) is 5.75 Å². The third kappa shape index (κ3) is 3.70. The largest absolute Gasteiger partial charge is 0.496 e. The van der Waals surface area contributed by atoms with Crippen LogP contribution in [0.1, 0.15) is 60.2 Å². The number of imide groups is 1. The van der Waals surface area contributed by atoms with E-state index in [9.17, 15) is 14.4 Å². The zero-order valence-electron chi connectivity index (χ0n) is 18.1. The van der Waals surface area contributed by atoms with Gasteiger partial charge in [0.2, 0.25) is 0 Å². The fourth-order valence-electron chi connectivity index (χ4n) is 3.84.